The Kier molecular flexibility index (Phi) is 3.92. The minimum Gasteiger partial charge on any atom is -0.370 e. The van der Waals surface area contributed by atoms with Crippen molar-refractivity contribution >= 4 is 17.4 Å². The number of hydrogen-bond donors (Lipinski definition) is 1. The fourth-order valence-electron chi connectivity index (χ4n) is 2.70. The van der Waals surface area contributed by atoms with Crippen molar-refractivity contribution in [1.29, 1.82) is 0 Å². The van der Waals surface area contributed by atoms with Crippen LogP contribution < -0.4 is 5.32 Å². The van der Waals surface area contributed by atoms with Gasteiger partial charge in [-0.25, -0.2) is 9.97 Å². The van der Waals surface area contributed by atoms with Crippen LogP contribution in [0.1, 0.15) is 36.8 Å². The second-order valence-electron chi connectivity index (χ2n) is 5.13. The highest BCUT2D eigenvalue weighted by atomic mass is 35.5. The molecule has 3 rings (SSSR count). The Hall–Kier alpha value is -1.55. The second kappa shape index (κ2) is 5.83. The molecule has 0 spiro atoms. The number of aryl methyl sites for hydroxylation is 1. The molecule has 0 fully saturated rings. The Bertz CT molecular complexity index is 606. The molecule has 1 N–H and O–H groups in total. The molecule has 0 saturated carbocycles. The van der Waals surface area contributed by atoms with E-state index in [1.807, 2.05) is 18.5 Å². The predicted octanol–water partition coefficient (Wildman–Crippen LogP) is 3.29. The van der Waals surface area contributed by atoms with E-state index in [0.717, 1.165) is 30.9 Å². The number of halogens is 1. The molecule has 1 aliphatic rings. The molecule has 106 valence electrons. The topological polar surface area (TPSA) is 42.7 Å². The Morgan fingerprint density at radius 3 is 3.00 bits per heavy atom. The summed E-state index contributed by atoms with van der Waals surface area (Å²) in [5.74, 6) is 0.876. The summed E-state index contributed by atoms with van der Waals surface area (Å²) in [6, 6.07) is 3.82. The molecule has 0 bridgehead atoms. The van der Waals surface area contributed by atoms with E-state index in [9.17, 15) is 0 Å². The monoisotopic (exact) mass is 290 g/mol. The van der Waals surface area contributed by atoms with E-state index in [-0.39, 0.29) is 0 Å². The Labute approximate surface area is 124 Å². The van der Waals surface area contributed by atoms with Crippen molar-refractivity contribution in [3.05, 3.63) is 40.6 Å². The zero-order valence-electron chi connectivity index (χ0n) is 11.7. The van der Waals surface area contributed by atoms with Gasteiger partial charge in [-0.1, -0.05) is 11.6 Å². The van der Waals surface area contributed by atoms with Gasteiger partial charge >= 0.3 is 0 Å². The fraction of sp³-hybridized carbons (Fsp3) is 0.467. The maximum absolute atomic E-state index is 6.27. The summed E-state index contributed by atoms with van der Waals surface area (Å²) in [5.41, 5.74) is 3.49. The number of anilines is 1. The Morgan fingerprint density at radius 1 is 1.30 bits per heavy atom. The van der Waals surface area contributed by atoms with Crippen LogP contribution in [0.4, 0.5) is 5.82 Å². The molecule has 5 heteroatoms. The summed E-state index contributed by atoms with van der Waals surface area (Å²) < 4.78 is 2.19. The van der Waals surface area contributed by atoms with E-state index in [1.165, 1.54) is 24.2 Å². The van der Waals surface area contributed by atoms with Gasteiger partial charge in [-0.15, -0.1) is 0 Å². The van der Waals surface area contributed by atoms with Crippen LogP contribution in [0.3, 0.4) is 0 Å². The van der Waals surface area contributed by atoms with Gasteiger partial charge in [0.2, 0.25) is 0 Å². The molecule has 0 aliphatic heterocycles. The highest BCUT2D eigenvalue weighted by Crippen LogP contribution is 2.23. The first-order chi connectivity index (χ1) is 9.78. The number of imidazole rings is 1. The van der Waals surface area contributed by atoms with Crippen LogP contribution in [-0.4, -0.2) is 21.1 Å². The summed E-state index contributed by atoms with van der Waals surface area (Å²) in [6.45, 7) is 3.61. The summed E-state index contributed by atoms with van der Waals surface area (Å²) in [5, 5.41) is 3.94. The van der Waals surface area contributed by atoms with Crippen LogP contribution >= 0.6 is 11.6 Å². The molecule has 0 aromatic carbocycles. The summed E-state index contributed by atoms with van der Waals surface area (Å²) in [4.78, 5) is 9.11. The van der Waals surface area contributed by atoms with E-state index in [0.29, 0.717) is 11.6 Å². The van der Waals surface area contributed by atoms with Crippen molar-refractivity contribution in [3.63, 3.8) is 0 Å². The van der Waals surface area contributed by atoms with E-state index in [4.69, 9.17) is 11.6 Å². The number of nitrogens with zero attached hydrogens (tertiary/aromatic N) is 3. The van der Waals surface area contributed by atoms with Crippen LogP contribution in [0, 0.1) is 0 Å². The summed E-state index contributed by atoms with van der Waals surface area (Å²) >= 11 is 6.27. The minimum absolute atomic E-state index is 0.695. The van der Waals surface area contributed by atoms with Crippen molar-refractivity contribution in [2.24, 2.45) is 0 Å². The number of fused-ring (bicyclic) bond motifs is 1. The number of rotatable bonds is 4. The number of nitrogens with one attached hydrogen (secondary N) is 1. The van der Waals surface area contributed by atoms with Crippen LogP contribution in [0.5, 0.6) is 0 Å². The van der Waals surface area contributed by atoms with Gasteiger partial charge in [0.1, 0.15) is 5.82 Å². The van der Waals surface area contributed by atoms with E-state index in [1.54, 1.807) is 0 Å². The zero-order chi connectivity index (χ0) is 13.9. The van der Waals surface area contributed by atoms with Crippen molar-refractivity contribution in [2.45, 2.75) is 39.2 Å². The van der Waals surface area contributed by atoms with Crippen LogP contribution in [0.2, 0.25) is 5.02 Å². The predicted molar refractivity (Wildman–Crippen MR) is 81.4 cm³/mol. The zero-order valence-corrected chi connectivity index (χ0v) is 12.5. The third kappa shape index (κ3) is 2.66. The molecule has 20 heavy (non-hydrogen) atoms. The Balaban J connectivity index is 1.87. The van der Waals surface area contributed by atoms with Crippen molar-refractivity contribution in [3.8, 4) is 0 Å². The number of hydrogen-bond acceptors (Lipinski definition) is 3. The lowest BCUT2D eigenvalue weighted by molar-refractivity contribution is 0.625. The quantitative estimate of drug-likeness (QED) is 0.939. The molecule has 0 radical (unpaired) electrons. The van der Waals surface area contributed by atoms with Gasteiger partial charge in [0.15, 0.2) is 0 Å². The number of pyridine rings is 1. The average molecular weight is 291 g/mol. The van der Waals surface area contributed by atoms with E-state index >= 15 is 0 Å². The van der Waals surface area contributed by atoms with Gasteiger partial charge in [-0.2, -0.15) is 0 Å². The highest BCUT2D eigenvalue weighted by molar-refractivity contribution is 6.31. The summed E-state index contributed by atoms with van der Waals surface area (Å²) in [6.07, 6.45) is 6.63. The fourth-order valence-corrected chi connectivity index (χ4v) is 2.87. The maximum atomic E-state index is 6.27. The lowest BCUT2D eigenvalue weighted by Gasteiger charge is -2.14. The first-order valence-corrected chi connectivity index (χ1v) is 7.58. The van der Waals surface area contributed by atoms with Crippen molar-refractivity contribution in [2.75, 3.05) is 11.9 Å². The lowest BCUT2D eigenvalue weighted by atomic mass is 10.0. The molecule has 0 saturated heterocycles. The molecule has 0 atom stereocenters. The van der Waals surface area contributed by atoms with E-state index in [2.05, 4.69) is 26.8 Å². The molecular weight excluding hydrogens is 272 g/mol. The average Bonchev–Trinajstić information content (AvgIpc) is 2.86. The molecule has 2 aromatic rings. The molecule has 4 nitrogen and oxygen atoms in total. The first kappa shape index (κ1) is 13.4. The second-order valence-corrected chi connectivity index (χ2v) is 5.54. The third-order valence-electron chi connectivity index (χ3n) is 3.71. The van der Waals surface area contributed by atoms with Crippen LogP contribution in [-0.2, 0) is 19.4 Å². The van der Waals surface area contributed by atoms with Gasteiger partial charge in [-0.3, -0.25) is 0 Å². The smallest absolute Gasteiger partial charge is 0.126 e. The third-order valence-corrected chi connectivity index (χ3v) is 4.05. The van der Waals surface area contributed by atoms with Crippen LogP contribution in [0.25, 0.3) is 0 Å². The summed E-state index contributed by atoms with van der Waals surface area (Å²) in [7, 11) is 0. The van der Waals surface area contributed by atoms with Crippen molar-refractivity contribution in [1.82, 2.24) is 14.5 Å². The first-order valence-electron chi connectivity index (χ1n) is 7.20. The van der Waals surface area contributed by atoms with Gasteiger partial charge < -0.3 is 9.88 Å². The minimum atomic E-state index is 0.695. The van der Waals surface area contributed by atoms with Gasteiger partial charge in [0, 0.05) is 12.2 Å². The normalized spacial score (nSPS) is 14.1. The number of aromatic nitrogens is 3. The van der Waals surface area contributed by atoms with Gasteiger partial charge in [-0.05, 0) is 44.7 Å². The molecule has 2 heterocycles. The van der Waals surface area contributed by atoms with Crippen molar-refractivity contribution < 1.29 is 0 Å². The Morgan fingerprint density at radius 2 is 2.15 bits per heavy atom. The molecular formula is C15H19ClN4. The lowest BCUT2D eigenvalue weighted by Crippen LogP contribution is -2.11. The standard InChI is InChI=1S/C15H19ClN4/c1-2-17-15-8-7-11(16)13(19-15)9-20-10-18-12-5-3-4-6-14(12)20/h7-8,10H,2-6,9H2,1H3,(H,17,19). The van der Waals surface area contributed by atoms with E-state index < -0.39 is 0 Å². The highest BCUT2D eigenvalue weighted by Gasteiger charge is 2.16. The molecule has 1 aliphatic carbocycles. The SMILES string of the molecule is CCNc1ccc(Cl)c(Cn2cnc3c2CCCC3)n1. The molecule has 0 amide bonds. The van der Waals surface area contributed by atoms with Crippen LogP contribution in [0.15, 0.2) is 18.5 Å². The van der Waals surface area contributed by atoms with Gasteiger partial charge in [0.05, 0.1) is 29.3 Å². The van der Waals surface area contributed by atoms with Gasteiger partial charge in [0.25, 0.3) is 0 Å². The maximum Gasteiger partial charge on any atom is 0.126 e. The molecule has 2 aromatic heterocycles. The molecule has 0 unspecified atom stereocenters. The largest absolute Gasteiger partial charge is 0.370 e.